The van der Waals surface area contributed by atoms with Crippen LogP contribution in [0.3, 0.4) is 0 Å². The van der Waals surface area contributed by atoms with Crippen LogP contribution in [-0.2, 0) is 34.3 Å². The number of carbonyl (C=O) groups is 1. The van der Waals surface area contributed by atoms with Gasteiger partial charge in [-0.2, -0.15) is 0 Å². The third kappa shape index (κ3) is 4.18. The molecule has 0 radical (unpaired) electrons. The van der Waals surface area contributed by atoms with E-state index in [1.54, 1.807) is 18.4 Å². The van der Waals surface area contributed by atoms with Crippen LogP contribution in [-0.4, -0.2) is 43.7 Å². The van der Waals surface area contributed by atoms with Gasteiger partial charge in [0.2, 0.25) is 5.91 Å². The summed E-state index contributed by atoms with van der Waals surface area (Å²) in [5, 5.41) is 5.36. The highest BCUT2D eigenvalue weighted by Crippen LogP contribution is 2.52. The van der Waals surface area contributed by atoms with Crippen molar-refractivity contribution in [3.8, 4) is 5.75 Å². The maximum absolute atomic E-state index is 13.0. The van der Waals surface area contributed by atoms with Gasteiger partial charge in [-0.3, -0.25) is 9.69 Å². The number of nitrogens with one attached hydrogen (secondary N) is 1. The van der Waals surface area contributed by atoms with Crippen LogP contribution in [0.1, 0.15) is 46.0 Å². The molecule has 6 rings (SSSR count). The first kappa shape index (κ1) is 22.8. The van der Waals surface area contributed by atoms with Gasteiger partial charge >= 0.3 is 0 Å². The second-order valence-corrected chi connectivity index (χ2v) is 11.0. The quantitative estimate of drug-likeness (QED) is 0.549. The maximum atomic E-state index is 13.0. The summed E-state index contributed by atoms with van der Waals surface area (Å²) in [5.41, 5.74) is 5.18. The molecule has 2 aliphatic heterocycles. The van der Waals surface area contributed by atoms with Gasteiger partial charge in [0.15, 0.2) is 0 Å². The van der Waals surface area contributed by atoms with Crippen LogP contribution < -0.4 is 10.1 Å². The molecule has 6 heteroatoms. The number of methoxy groups -OCH3 is 1. The summed E-state index contributed by atoms with van der Waals surface area (Å²) in [7, 11) is 1.80. The fourth-order valence-corrected chi connectivity index (χ4v) is 7.13. The van der Waals surface area contributed by atoms with Crippen molar-refractivity contribution >= 4 is 17.2 Å². The molecule has 0 bridgehead atoms. The van der Waals surface area contributed by atoms with Gasteiger partial charge in [-0.05, 0) is 65.7 Å². The van der Waals surface area contributed by atoms with E-state index in [-0.39, 0.29) is 23.5 Å². The molecular weight excluding hydrogens is 456 g/mol. The summed E-state index contributed by atoms with van der Waals surface area (Å²) in [6, 6.07) is 19.2. The Morgan fingerprint density at radius 1 is 1.17 bits per heavy atom. The molecule has 1 aliphatic carbocycles. The van der Waals surface area contributed by atoms with Gasteiger partial charge < -0.3 is 14.8 Å². The van der Waals surface area contributed by atoms with E-state index >= 15 is 0 Å². The average Bonchev–Trinajstić information content (AvgIpc) is 3.61. The van der Waals surface area contributed by atoms with Gasteiger partial charge in [-0.25, -0.2) is 0 Å². The summed E-state index contributed by atoms with van der Waals surface area (Å²) in [5.74, 6) is 1.10. The molecule has 0 unspecified atom stereocenters. The van der Waals surface area contributed by atoms with Crippen molar-refractivity contribution in [1.82, 2.24) is 10.2 Å². The smallest absolute Gasteiger partial charge is 0.225 e. The van der Waals surface area contributed by atoms with Crippen LogP contribution in [0.5, 0.6) is 5.75 Å². The Bertz CT molecular complexity index is 1200. The molecule has 1 aromatic heterocycles. The fourth-order valence-electron chi connectivity index (χ4n) is 6.43. The molecule has 0 saturated carbocycles. The van der Waals surface area contributed by atoms with Gasteiger partial charge in [0.05, 0.1) is 25.2 Å². The predicted octanol–water partition coefficient (Wildman–Crippen LogP) is 4.65. The zero-order valence-corrected chi connectivity index (χ0v) is 21.0. The monoisotopic (exact) mass is 488 g/mol. The molecule has 3 heterocycles. The Hall–Kier alpha value is -2.67. The first-order valence-corrected chi connectivity index (χ1v) is 13.5. The molecule has 35 heavy (non-hydrogen) atoms. The van der Waals surface area contributed by atoms with Gasteiger partial charge in [0.25, 0.3) is 0 Å². The van der Waals surface area contributed by atoms with Crippen molar-refractivity contribution in [3.05, 3.63) is 87.1 Å². The van der Waals surface area contributed by atoms with Gasteiger partial charge in [-0.15, -0.1) is 11.3 Å². The minimum Gasteiger partial charge on any atom is -0.493 e. The van der Waals surface area contributed by atoms with Crippen LogP contribution in [0.25, 0.3) is 0 Å². The third-order valence-corrected chi connectivity index (χ3v) is 8.95. The van der Waals surface area contributed by atoms with Crippen LogP contribution >= 0.6 is 11.3 Å². The third-order valence-electron chi connectivity index (χ3n) is 8.07. The van der Waals surface area contributed by atoms with E-state index in [0.29, 0.717) is 6.42 Å². The first-order valence-electron chi connectivity index (χ1n) is 12.6. The highest BCUT2D eigenvalue weighted by Gasteiger charge is 2.53. The summed E-state index contributed by atoms with van der Waals surface area (Å²) >= 11 is 1.63. The highest BCUT2D eigenvalue weighted by atomic mass is 32.1. The van der Waals surface area contributed by atoms with E-state index in [2.05, 4.69) is 52.7 Å². The largest absolute Gasteiger partial charge is 0.493 e. The molecule has 3 aromatic rings. The van der Waals surface area contributed by atoms with Crippen LogP contribution in [0, 0.1) is 0 Å². The number of rotatable bonds is 6. The topological polar surface area (TPSA) is 50.8 Å². The zero-order chi connectivity index (χ0) is 23.8. The number of hydrogen-bond acceptors (Lipinski definition) is 5. The Morgan fingerprint density at radius 3 is 2.83 bits per heavy atom. The SMILES string of the molecule is CO[C@@H]1[C@@H](NC(=O)Cc2cccs2)c2ccccc2C12CCN(Cc1ccc3c(c1)CCO3)CC2. The average molecular weight is 489 g/mol. The number of benzene rings is 2. The first-order chi connectivity index (χ1) is 17.2. The normalized spacial score (nSPS) is 22.5. The number of amides is 1. The van der Waals surface area contributed by atoms with Crippen molar-refractivity contribution in [3.63, 3.8) is 0 Å². The fraction of sp³-hybridized carbons (Fsp3) is 0.414. The molecule has 2 aromatic carbocycles. The summed E-state index contributed by atoms with van der Waals surface area (Å²) in [4.78, 5) is 16.6. The molecule has 1 fully saturated rings. The number of fused-ring (bicyclic) bond motifs is 3. The lowest BCUT2D eigenvalue weighted by atomic mass is 9.71. The van der Waals surface area contributed by atoms with E-state index in [9.17, 15) is 4.79 Å². The number of carbonyl (C=O) groups excluding carboxylic acids is 1. The number of ether oxygens (including phenoxy) is 2. The molecule has 3 aliphatic rings. The molecule has 2 atom stereocenters. The lowest BCUT2D eigenvalue weighted by Gasteiger charge is -2.44. The van der Waals surface area contributed by atoms with Crippen LogP contribution in [0.4, 0.5) is 0 Å². The second kappa shape index (κ2) is 9.41. The number of nitrogens with zero attached hydrogens (tertiary/aromatic N) is 1. The van der Waals surface area contributed by atoms with Crippen LogP contribution in [0.15, 0.2) is 60.0 Å². The number of thiophene rings is 1. The van der Waals surface area contributed by atoms with E-state index < -0.39 is 0 Å². The molecular formula is C29H32N2O3S. The molecule has 1 saturated heterocycles. The van der Waals surface area contributed by atoms with E-state index in [0.717, 1.165) is 56.1 Å². The van der Waals surface area contributed by atoms with Crippen molar-refractivity contribution in [2.24, 2.45) is 0 Å². The van der Waals surface area contributed by atoms with Crippen molar-refractivity contribution in [2.75, 3.05) is 26.8 Å². The molecule has 5 nitrogen and oxygen atoms in total. The van der Waals surface area contributed by atoms with Gasteiger partial charge in [0.1, 0.15) is 5.75 Å². The number of piperidine rings is 1. The standard InChI is InChI=1S/C29H32N2O3S/c1-33-28-27(30-26(32)18-22-5-4-16-35-22)23-6-2-3-7-24(23)29(28)11-13-31(14-12-29)19-20-8-9-25-21(17-20)10-15-34-25/h2-9,16-17,27-28H,10-15,18-19H2,1H3,(H,30,32)/t27-,28+/m0/s1. The van der Waals surface area contributed by atoms with Crippen molar-refractivity contribution < 1.29 is 14.3 Å². The summed E-state index contributed by atoms with van der Waals surface area (Å²) in [6.07, 6.45) is 3.41. The summed E-state index contributed by atoms with van der Waals surface area (Å²) in [6.45, 7) is 3.78. The van der Waals surface area contributed by atoms with Crippen LogP contribution in [0.2, 0.25) is 0 Å². The van der Waals surface area contributed by atoms with Gasteiger partial charge in [0, 0.05) is 30.4 Å². The Labute approximate surface area is 211 Å². The molecule has 1 amide bonds. The minimum atomic E-state index is -0.119. The van der Waals surface area contributed by atoms with E-state index in [1.165, 1.54) is 22.3 Å². The molecule has 1 N–H and O–H groups in total. The lowest BCUT2D eigenvalue weighted by Crippen LogP contribution is -2.50. The Morgan fingerprint density at radius 2 is 2.03 bits per heavy atom. The molecule has 182 valence electrons. The minimum absolute atomic E-state index is 0.0596. The lowest BCUT2D eigenvalue weighted by molar-refractivity contribution is -0.122. The van der Waals surface area contributed by atoms with Crippen molar-refractivity contribution in [1.29, 1.82) is 0 Å². The van der Waals surface area contributed by atoms with Crippen molar-refractivity contribution in [2.45, 2.75) is 49.8 Å². The zero-order valence-electron chi connectivity index (χ0n) is 20.2. The second-order valence-electron chi connectivity index (χ2n) is 10.0. The number of hydrogen-bond donors (Lipinski definition) is 1. The maximum Gasteiger partial charge on any atom is 0.225 e. The van der Waals surface area contributed by atoms with E-state index in [4.69, 9.17) is 9.47 Å². The highest BCUT2D eigenvalue weighted by molar-refractivity contribution is 7.10. The van der Waals surface area contributed by atoms with E-state index in [1.807, 2.05) is 17.5 Å². The van der Waals surface area contributed by atoms with Gasteiger partial charge in [-0.1, -0.05) is 42.5 Å². The summed E-state index contributed by atoms with van der Waals surface area (Å²) < 4.78 is 11.9. The predicted molar refractivity (Wildman–Crippen MR) is 138 cm³/mol. The molecule has 1 spiro atoms. The Kier molecular flexibility index (Phi) is 6.13. The Balaban J connectivity index is 1.19. The number of likely N-dealkylation sites (tertiary alicyclic amines) is 1.